The number of anilines is 1. The molecule has 6 nitrogen and oxygen atoms in total. The van der Waals surface area contributed by atoms with Gasteiger partial charge in [-0.25, -0.2) is 5.01 Å². The maximum Gasteiger partial charge on any atom is 0.278 e. The van der Waals surface area contributed by atoms with Crippen molar-refractivity contribution in [3.63, 3.8) is 0 Å². The number of nitrogens with one attached hydrogen (secondary N) is 1. The van der Waals surface area contributed by atoms with E-state index in [9.17, 15) is 15.0 Å². The van der Waals surface area contributed by atoms with E-state index in [1.54, 1.807) is 67.6 Å². The molecule has 140 valence electrons. The quantitative estimate of drug-likeness (QED) is 0.604. The summed E-state index contributed by atoms with van der Waals surface area (Å²) < 4.78 is 0. The molecule has 1 amide bonds. The zero-order valence-electron chi connectivity index (χ0n) is 15.2. The molecule has 3 N–H and O–H groups in total. The van der Waals surface area contributed by atoms with E-state index in [2.05, 4.69) is 10.4 Å². The number of nitrogens with zero attached hydrogens (tertiary/aromatic N) is 2. The first kappa shape index (κ1) is 17.6. The minimum absolute atomic E-state index is 0.0626. The van der Waals surface area contributed by atoms with Crippen LogP contribution in [0.5, 0.6) is 11.5 Å². The Balaban J connectivity index is 1.84. The van der Waals surface area contributed by atoms with Gasteiger partial charge < -0.3 is 15.5 Å². The average Bonchev–Trinajstić information content (AvgIpc) is 2.71. The van der Waals surface area contributed by atoms with E-state index >= 15 is 0 Å². The van der Waals surface area contributed by atoms with Crippen LogP contribution in [0.1, 0.15) is 34.6 Å². The van der Waals surface area contributed by atoms with Crippen molar-refractivity contribution in [3.8, 4) is 11.5 Å². The van der Waals surface area contributed by atoms with Crippen LogP contribution < -0.4 is 5.32 Å². The molecule has 4 rings (SSSR count). The minimum Gasteiger partial charge on any atom is -0.508 e. The largest absolute Gasteiger partial charge is 0.508 e. The number of fused-ring (bicyclic) bond motifs is 1. The lowest BCUT2D eigenvalue weighted by atomic mass is 10.0. The number of aromatic hydroxyl groups is 2. The summed E-state index contributed by atoms with van der Waals surface area (Å²) in [7, 11) is 0. The van der Waals surface area contributed by atoms with Crippen molar-refractivity contribution in [3.05, 3.63) is 89.5 Å². The highest BCUT2D eigenvalue weighted by Crippen LogP contribution is 2.36. The van der Waals surface area contributed by atoms with Crippen molar-refractivity contribution in [2.24, 2.45) is 5.10 Å². The van der Waals surface area contributed by atoms with Gasteiger partial charge in [-0.1, -0.05) is 42.5 Å². The first-order chi connectivity index (χ1) is 13.6. The van der Waals surface area contributed by atoms with Crippen LogP contribution in [-0.2, 0) is 0 Å². The second-order valence-corrected chi connectivity index (χ2v) is 6.50. The van der Waals surface area contributed by atoms with Gasteiger partial charge in [-0.05, 0) is 37.3 Å². The molecule has 0 aliphatic carbocycles. The van der Waals surface area contributed by atoms with E-state index in [-0.39, 0.29) is 17.4 Å². The third-order valence-electron chi connectivity index (χ3n) is 4.69. The zero-order chi connectivity index (χ0) is 19.7. The standard InChI is InChI=1S/C22H19N3O3/c1-14(15-8-3-6-12-19(15)26)24-25-21(17-10-4-7-13-20(17)27)23-18-11-5-2-9-16(18)22(25)28/h2-13,21,23,26-27H,1H3/b24-14+. The van der Waals surface area contributed by atoms with E-state index in [1.807, 2.05) is 12.1 Å². The Hall–Kier alpha value is -3.80. The van der Waals surface area contributed by atoms with Gasteiger partial charge in [0.1, 0.15) is 11.5 Å². The van der Waals surface area contributed by atoms with Crippen LogP contribution in [0.2, 0.25) is 0 Å². The fraction of sp³-hybridized carbons (Fsp3) is 0.0909. The molecule has 1 atom stereocenters. The summed E-state index contributed by atoms with van der Waals surface area (Å²) in [6, 6.07) is 20.8. The fourth-order valence-corrected chi connectivity index (χ4v) is 3.27. The van der Waals surface area contributed by atoms with Crippen molar-refractivity contribution in [1.29, 1.82) is 0 Å². The van der Waals surface area contributed by atoms with Gasteiger partial charge in [-0.3, -0.25) is 4.79 Å². The smallest absolute Gasteiger partial charge is 0.278 e. The Bertz CT molecular complexity index is 1080. The van der Waals surface area contributed by atoms with Gasteiger partial charge in [0.05, 0.1) is 11.3 Å². The molecule has 0 spiro atoms. The molecule has 1 heterocycles. The van der Waals surface area contributed by atoms with E-state index in [4.69, 9.17) is 0 Å². The lowest BCUT2D eigenvalue weighted by molar-refractivity contribution is 0.0688. The number of carbonyl (C=O) groups excluding carboxylic acids is 1. The van der Waals surface area contributed by atoms with Crippen molar-refractivity contribution in [2.45, 2.75) is 13.1 Å². The van der Waals surface area contributed by atoms with Gasteiger partial charge in [0.25, 0.3) is 5.91 Å². The Kier molecular flexibility index (Phi) is 4.45. The number of rotatable bonds is 3. The number of phenolic OH excluding ortho intramolecular Hbond substituents is 2. The summed E-state index contributed by atoms with van der Waals surface area (Å²) in [5.74, 6) is -0.148. The van der Waals surface area contributed by atoms with Gasteiger partial charge >= 0.3 is 0 Å². The summed E-state index contributed by atoms with van der Waals surface area (Å²) >= 11 is 0. The highest BCUT2D eigenvalue weighted by molar-refractivity contribution is 6.05. The van der Waals surface area contributed by atoms with E-state index in [0.717, 1.165) is 0 Å². The lowest BCUT2D eigenvalue weighted by Crippen LogP contribution is -2.40. The van der Waals surface area contributed by atoms with Crippen molar-refractivity contribution in [1.82, 2.24) is 5.01 Å². The number of para-hydroxylation sites is 3. The molecule has 1 unspecified atom stereocenters. The number of amides is 1. The Morgan fingerprint density at radius 1 is 0.929 bits per heavy atom. The van der Waals surface area contributed by atoms with Crippen molar-refractivity contribution in [2.75, 3.05) is 5.32 Å². The lowest BCUT2D eigenvalue weighted by Gasteiger charge is -2.35. The molecule has 1 aliphatic heterocycles. The summed E-state index contributed by atoms with van der Waals surface area (Å²) in [6.45, 7) is 1.73. The van der Waals surface area contributed by atoms with Crippen LogP contribution >= 0.6 is 0 Å². The molecule has 0 fully saturated rings. The normalized spacial score (nSPS) is 16.5. The highest BCUT2D eigenvalue weighted by Gasteiger charge is 2.34. The molecule has 0 radical (unpaired) electrons. The number of benzene rings is 3. The van der Waals surface area contributed by atoms with Crippen LogP contribution in [-0.4, -0.2) is 26.8 Å². The summed E-state index contributed by atoms with van der Waals surface area (Å²) in [5.41, 5.74) is 2.70. The molecule has 28 heavy (non-hydrogen) atoms. The number of phenols is 2. The van der Waals surface area contributed by atoms with E-state index in [1.165, 1.54) is 5.01 Å². The Labute approximate surface area is 162 Å². The third-order valence-corrected chi connectivity index (χ3v) is 4.69. The van der Waals surface area contributed by atoms with Crippen LogP contribution in [0.3, 0.4) is 0 Å². The fourth-order valence-electron chi connectivity index (χ4n) is 3.27. The van der Waals surface area contributed by atoms with Crippen LogP contribution in [0, 0.1) is 0 Å². The minimum atomic E-state index is -0.690. The second kappa shape index (κ2) is 7.08. The molecule has 3 aromatic carbocycles. The maximum atomic E-state index is 13.2. The monoisotopic (exact) mass is 373 g/mol. The predicted octanol–water partition coefficient (Wildman–Crippen LogP) is 4.09. The average molecular weight is 373 g/mol. The van der Waals surface area contributed by atoms with Gasteiger partial charge in [-0.2, -0.15) is 5.10 Å². The van der Waals surface area contributed by atoms with E-state index in [0.29, 0.717) is 28.1 Å². The molecule has 1 aliphatic rings. The highest BCUT2D eigenvalue weighted by atomic mass is 16.3. The zero-order valence-corrected chi connectivity index (χ0v) is 15.2. The molecule has 0 saturated carbocycles. The number of hydrogen-bond acceptors (Lipinski definition) is 5. The van der Waals surface area contributed by atoms with Crippen LogP contribution in [0.4, 0.5) is 5.69 Å². The Morgan fingerprint density at radius 2 is 1.57 bits per heavy atom. The first-order valence-electron chi connectivity index (χ1n) is 8.87. The van der Waals surface area contributed by atoms with Gasteiger partial charge in [0.15, 0.2) is 6.17 Å². The van der Waals surface area contributed by atoms with Crippen LogP contribution in [0.25, 0.3) is 0 Å². The maximum absolute atomic E-state index is 13.2. The molecule has 0 saturated heterocycles. The molecule has 3 aromatic rings. The number of hydrogen-bond donors (Lipinski definition) is 3. The van der Waals surface area contributed by atoms with Crippen LogP contribution in [0.15, 0.2) is 77.9 Å². The first-order valence-corrected chi connectivity index (χ1v) is 8.87. The molecule has 0 aromatic heterocycles. The molecule has 6 heteroatoms. The van der Waals surface area contributed by atoms with Gasteiger partial charge in [0.2, 0.25) is 0 Å². The number of hydrazone groups is 1. The molecular formula is C22H19N3O3. The van der Waals surface area contributed by atoms with Crippen molar-refractivity contribution >= 4 is 17.3 Å². The van der Waals surface area contributed by atoms with Gasteiger partial charge in [-0.15, -0.1) is 0 Å². The number of carbonyl (C=O) groups is 1. The van der Waals surface area contributed by atoms with Crippen molar-refractivity contribution < 1.29 is 15.0 Å². The predicted molar refractivity (Wildman–Crippen MR) is 107 cm³/mol. The summed E-state index contributed by atoms with van der Waals surface area (Å²) in [5, 5.41) is 29.6. The van der Waals surface area contributed by atoms with Gasteiger partial charge in [0, 0.05) is 16.8 Å². The molecule has 0 bridgehead atoms. The SMILES string of the molecule is C/C(=N\N1C(=O)c2ccccc2NC1c1ccccc1O)c1ccccc1O. The summed E-state index contributed by atoms with van der Waals surface area (Å²) in [4.78, 5) is 13.2. The molecular weight excluding hydrogens is 354 g/mol. The third kappa shape index (κ3) is 3.05. The van der Waals surface area contributed by atoms with E-state index < -0.39 is 6.17 Å². The summed E-state index contributed by atoms with van der Waals surface area (Å²) in [6.07, 6.45) is -0.690. The topological polar surface area (TPSA) is 85.2 Å². The second-order valence-electron chi connectivity index (χ2n) is 6.50. The Morgan fingerprint density at radius 3 is 2.32 bits per heavy atom.